The first-order valence-corrected chi connectivity index (χ1v) is 6.48. The van der Waals surface area contributed by atoms with Crippen molar-refractivity contribution in [3.63, 3.8) is 0 Å². The Labute approximate surface area is 108 Å². The van der Waals surface area contributed by atoms with Crippen LogP contribution in [0.1, 0.15) is 38.8 Å². The Hall–Kier alpha value is -0.240. The van der Waals surface area contributed by atoms with E-state index >= 15 is 0 Å². The van der Waals surface area contributed by atoms with Crippen LogP contribution in [-0.4, -0.2) is 6.54 Å². The van der Waals surface area contributed by atoms with E-state index in [0.29, 0.717) is 22.0 Å². The van der Waals surface area contributed by atoms with E-state index in [-0.39, 0.29) is 0 Å². The minimum absolute atomic E-state index is 0.358. The lowest BCUT2D eigenvalue weighted by molar-refractivity contribution is 0.465. The minimum Gasteiger partial charge on any atom is -0.310 e. The van der Waals surface area contributed by atoms with E-state index < -0.39 is 0 Å². The maximum absolute atomic E-state index is 6.02. The van der Waals surface area contributed by atoms with Crippen molar-refractivity contribution in [2.45, 2.75) is 33.2 Å². The fourth-order valence-electron chi connectivity index (χ4n) is 1.60. The van der Waals surface area contributed by atoms with Gasteiger partial charge in [-0.1, -0.05) is 50.0 Å². The van der Waals surface area contributed by atoms with E-state index in [4.69, 9.17) is 23.2 Å². The third kappa shape index (κ3) is 3.97. The van der Waals surface area contributed by atoms with E-state index in [1.165, 1.54) is 5.56 Å². The molecule has 0 aliphatic rings. The molecule has 0 radical (unpaired) electrons. The van der Waals surface area contributed by atoms with Gasteiger partial charge in [-0.2, -0.15) is 0 Å². The van der Waals surface area contributed by atoms with E-state index in [2.05, 4.69) is 26.1 Å². The molecule has 1 unspecified atom stereocenters. The van der Waals surface area contributed by atoms with Crippen molar-refractivity contribution in [1.82, 2.24) is 5.32 Å². The number of halogens is 2. The molecule has 1 N–H and O–H groups in total. The van der Waals surface area contributed by atoms with Crippen LogP contribution in [0.25, 0.3) is 0 Å². The summed E-state index contributed by atoms with van der Waals surface area (Å²) in [5.41, 5.74) is 1.21. The normalized spacial score (nSPS) is 13.1. The third-order valence-corrected chi connectivity index (χ3v) is 3.27. The Balaban J connectivity index is 2.74. The number of rotatable bonds is 5. The molecule has 1 atom stereocenters. The summed E-state index contributed by atoms with van der Waals surface area (Å²) in [7, 11) is 0. The monoisotopic (exact) mass is 259 g/mol. The molecule has 90 valence electrons. The Kier molecular flexibility index (Phi) is 5.60. The molecule has 0 aromatic heterocycles. The molecule has 1 aromatic carbocycles. The molecule has 0 amide bonds. The topological polar surface area (TPSA) is 12.0 Å². The van der Waals surface area contributed by atoms with Gasteiger partial charge in [0.05, 0.1) is 10.0 Å². The fourth-order valence-corrected chi connectivity index (χ4v) is 1.91. The minimum atomic E-state index is 0.358. The van der Waals surface area contributed by atoms with Gasteiger partial charge in [-0.05, 0) is 36.6 Å². The molecule has 0 aliphatic heterocycles. The first kappa shape index (κ1) is 13.8. The van der Waals surface area contributed by atoms with Crippen LogP contribution in [0.3, 0.4) is 0 Å². The molecule has 3 heteroatoms. The predicted octanol–water partition coefficient (Wildman–Crippen LogP) is 4.69. The average molecular weight is 260 g/mol. The number of nitrogens with one attached hydrogen (secondary N) is 1. The van der Waals surface area contributed by atoms with Crippen molar-refractivity contribution in [1.29, 1.82) is 0 Å². The van der Waals surface area contributed by atoms with Crippen molar-refractivity contribution < 1.29 is 0 Å². The maximum Gasteiger partial charge on any atom is 0.0595 e. The molecule has 1 nitrogen and oxygen atoms in total. The van der Waals surface area contributed by atoms with Crippen LogP contribution in [0.5, 0.6) is 0 Å². The summed E-state index contributed by atoms with van der Waals surface area (Å²) in [6, 6.07) is 6.21. The lowest BCUT2D eigenvalue weighted by atomic mass is 10.0. The van der Waals surface area contributed by atoms with Crippen LogP contribution in [0.2, 0.25) is 10.0 Å². The van der Waals surface area contributed by atoms with Gasteiger partial charge in [-0.3, -0.25) is 0 Å². The standard InChI is InChI=1S/C13H19Cl2N/c1-4-13(16-8-9(2)3)10-5-6-11(14)12(15)7-10/h5-7,9,13,16H,4,8H2,1-3H3. The summed E-state index contributed by atoms with van der Waals surface area (Å²) in [5, 5.41) is 4.77. The van der Waals surface area contributed by atoms with Crippen molar-refractivity contribution in [2.75, 3.05) is 6.54 Å². The van der Waals surface area contributed by atoms with Gasteiger partial charge in [0, 0.05) is 6.04 Å². The van der Waals surface area contributed by atoms with Crippen LogP contribution in [-0.2, 0) is 0 Å². The van der Waals surface area contributed by atoms with Gasteiger partial charge in [-0.25, -0.2) is 0 Å². The van der Waals surface area contributed by atoms with Crippen LogP contribution in [0, 0.1) is 5.92 Å². The van der Waals surface area contributed by atoms with Gasteiger partial charge in [0.25, 0.3) is 0 Å². The average Bonchev–Trinajstić information content (AvgIpc) is 2.23. The SMILES string of the molecule is CCC(NCC(C)C)c1ccc(Cl)c(Cl)c1. The highest BCUT2D eigenvalue weighted by Gasteiger charge is 2.10. The molecule has 16 heavy (non-hydrogen) atoms. The number of hydrogen-bond donors (Lipinski definition) is 1. The maximum atomic E-state index is 6.02. The molecule has 0 fully saturated rings. The summed E-state index contributed by atoms with van der Waals surface area (Å²) >= 11 is 11.9. The van der Waals surface area contributed by atoms with Crippen molar-refractivity contribution in [3.05, 3.63) is 33.8 Å². The summed E-state index contributed by atoms with van der Waals surface area (Å²) in [6.07, 6.45) is 1.05. The lowest BCUT2D eigenvalue weighted by Crippen LogP contribution is -2.24. The van der Waals surface area contributed by atoms with E-state index in [9.17, 15) is 0 Å². The zero-order chi connectivity index (χ0) is 12.1. The van der Waals surface area contributed by atoms with Gasteiger partial charge in [0.15, 0.2) is 0 Å². The molecule has 0 heterocycles. The molecular weight excluding hydrogens is 241 g/mol. The quantitative estimate of drug-likeness (QED) is 0.809. The lowest BCUT2D eigenvalue weighted by Gasteiger charge is -2.19. The first-order chi connectivity index (χ1) is 7.54. The van der Waals surface area contributed by atoms with E-state index in [1.54, 1.807) is 0 Å². The van der Waals surface area contributed by atoms with Gasteiger partial charge >= 0.3 is 0 Å². The molecule has 0 spiro atoms. The zero-order valence-corrected chi connectivity index (χ0v) is 11.6. The van der Waals surface area contributed by atoms with Crippen LogP contribution in [0.4, 0.5) is 0 Å². The Morgan fingerprint density at radius 3 is 2.38 bits per heavy atom. The van der Waals surface area contributed by atoms with Gasteiger partial charge < -0.3 is 5.32 Å². The van der Waals surface area contributed by atoms with Gasteiger partial charge in [0.1, 0.15) is 0 Å². The van der Waals surface area contributed by atoms with Crippen LogP contribution >= 0.6 is 23.2 Å². The van der Waals surface area contributed by atoms with Crippen LogP contribution < -0.4 is 5.32 Å². The molecule has 0 aliphatic carbocycles. The van der Waals surface area contributed by atoms with Crippen molar-refractivity contribution in [3.8, 4) is 0 Å². The molecule has 1 rings (SSSR count). The first-order valence-electron chi connectivity index (χ1n) is 5.73. The summed E-state index contributed by atoms with van der Waals surface area (Å²) in [5.74, 6) is 0.650. The Morgan fingerprint density at radius 1 is 1.19 bits per heavy atom. The second-order valence-electron chi connectivity index (χ2n) is 4.44. The summed E-state index contributed by atoms with van der Waals surface area (Å²) in [6.45, 7) is 7.59. The van der Waals surface area contributed by atoms with E-state index in [0.717, 1.165) is 13.0 Å². The van der Waals surface area contributed by atoms with Crippen LogP contribution in [0.15, 0.2) is 18.2 Å². The van der Waals surface area contributed by atoms with Gasteiger partial charge in [-0.15, -0.1) is 0 Å². The number of benzene rings is 1. The highest BCUT2D eigenvalue weighted by atomic mass is 35.5. The molecule has 1 aromatic rings. The summed E-state index contributed by atoms with van der Waals surface area (Å²) in [4.78, 5) is 0. The Morgan fingerprint density at radius 2 is 1.88 bits per heavy atom. The van der Waals surface area contributed by atoms with Crippen molar-refractivity contribution >= 4 is 23.2 Å². The highest BCUT2D eigenvalue weighted by molar-refractivity contribution is 6.42. The third-order valence-electron chi connectivity index (χ3n) is 2.53. The summed E-state index contributed by atoms with van der Waals surface area (Å²) < 4.78 is 0. The smallest absolute Gasteiger partial charge is 0.0595 e. The second-order valence-corrected chi connectivity index (χ2v) is 5.25. The Bertz CT molecular complexity index is 337. The highest BCUT2D eigenvalue weighted by Crippen LogP contribution is 2.26. The van der Waals surface area contributed by atoms with Gasteiger partial charge in [0.2, 0.25) is 0 Å². The van der Waals surface area contributed by atoms with E-state index in [1.807, 2.05) is 18.2 Å². The molecule has 0 saturated carbocycles. The fraction of sp³-hybridized carbons (Fsp3) is 0.538. The number of hydrogen-bond acceptors (Lipinski definition) is 1. The predicted molar refractivity (Wildman–Crippen MR) is 72.3 cm³/mol. The molecule has 0 bridgehead atoms. The molecule has 0 saturated heterocycles. The van der Waals surface area contributed by atoms with Crippen molar-refractivity contribution in [2.24, 2.45) is 5.92 Å². The second kappa shape index (κ2) is 6.48. The molecular formula is C13H19Cl2N. The largest absolute Gasteiger partial charge is 0.310 e. The zero-order valence-electron chi connectivity index (χ0n) is 10.1.